The maximum absolute atomic E-state index is 13.1. The van der Waals surface area contributed by atoms with Crippen LogP contribution >= 0.6 is 0 Å². The van der Waals surface area contributed by atoms with Crippen molar-refractivity contribution in [1.29, 1.82) is 5.41 Å². The monoisotopic (exact) mass is 638 g/mol. The molecule has 246 valence electrons. The van der Waals surface area contributed by atoms with Crippen LogP contribution in [0.25, 0.3) is 0 Å². The Hall–Kier alpha value is -4.07. The first-order valence-corrected chi connectivity index (χ1v) is 15.7. The van der Waals surface area contributed by atoms with Crippen molar-refractivity contribution >= 4 is 28.9 Å². The van der Waals surface area contributed by atoms with Crippen molar-refractivity contribution in [2.24, 2.45) is 5.92 Å². The molecule has 2 unspecified atom stereocenters. The van der Waals surface area contributed by atoms with Gasteiger partial charge in [0.2, 0.25) is 0 Å². The first-order valence-electron chi connectivity index (χ1n) is 15.7. The molecule has 3 atom stereocenters. The van der Waals surface area contributed by atoms with E-state index < -0.39 is 23.9 Å². The van der Waals surface area contributed by atoms with E-state index in [-0.39, 0.29) is 34.9 Å². The summed E-state index contributed by atoms with van der Waals surface area (Å²) in [7, 11) is 2.08. The van der Waals surface area contributed by atoms with Crippen molar-refractivity contribution in [3.8, 4) is 0 Å². The van der Waals surface area contributed by atoms with Gasteiger partial charge in [0, 0.05) is 48.6 Å². The number of fused-ring (bicyclic) bond motifs is 3. The maximum atomic E-state index is 13.1. The number of aromatic nitrogens is 2. The van der Waals surface area contributed by atoms with Crippen LogP contribution in [0.2, 0.25) is 0 Å². The van der Waals surface area contributed by atoms with E-state index in [9.17, 15) is 28.5 Å². The molecule has 10 nitrogen and oxygen atoms in total. The van der Waals surface area contributed by atoms with Gasteiger partial charge in [-0.2, -0.15) is 13.2 Å². The molecule has 13 heteroatoms. The van der Waals surface area contributed by atoms with Crippen LogP contribution in [-0.2, 0) is 12.6 Å². The van der Waals surface area contributed by atoms with Crippen molar-refractivity contribution in [1.82, 2.24) is 20.2 Å². The lowest BCUT2D eigenvalue weighted by Crippen LogP contribution is -2.43. The number of halogens is 3. The highest BCUT2D eigenvalue weighted by Crippen LogP contribution is 2.34. The van der Waals surface area contributed by atoms with Gasteiger partial charge < -0.3 is 26.4 Å². The summed E-state index contributed by atoms with van der Waals surface area (Å²) in [5.74, 6) is -0.546. The minimum absolute atomic E-state index is 0.0747. The summed E-state index contributed by atoms with van der Waals surface area (Å²) >= 11 is 0. The smallest absolute Gasteiger partial charge is 0.383 e. The molecule has 0 radical (unpaired) electrons. The van der Waals surface area contributed by atoms with Crippen molar-refractivity contribution < 1.29 is 23.1 Å². The zero-order valence-electron chi connectivity index (χ0n) is 25.8. The van der Waals surface area contributed by atoms with Crippen LogP contribution in [0.3, 0.4) is 0 Å². The van der Waals surface area contributed by atoms with E-state index in [1.165, 1.54) is 12.1 Å². The Morgan fingerprint density at radius 1 is 1.09 bits per heavy atom. The SMILES string of the molecule is CN1CCCCc2cnc(N)c(C(=N)c3ccc(C(=O)Nc4cc(C(F)(F)F)ccn4)cc3)c2N[C@@H]2CCCC(C2)C(O)NCC1. The number of aliphatic hydroxyl groups excluding tert-OH is 1. The van der Waals surface area contributed by atoms with E-state index in [1.54, 1.807) is 18.3 Å². The van der Waals surface area contributed by atoms with Crippen molar-refractivity contribution in [3.63, 3.8) is 0 Å². The van der Waals surface area contributed by atoms with Crippen molar-refractivity contribution in [2.45, 2.75) is 63.4 Å². The van der Waals surface area contributed by atoms with Gasteiger partial charge >= 0.3 is 6.18 Å². The maximum Gasteiger partial charge on any atom is 0.416 e. The van der Waals surface area contributed by atoms with E-state index in [4.69, 9.17) is 5.73 Å². The van der Waals surface area contributed by atoms with Crippen molar-refractivity contribution in [3.05, 3.63) is 76.6 Å². The molecule has 1 saturated carbocycles. The second-order valence-corrected chi connectivity index (χ2v) is 12.2. The van der Waals surface area contributed by atoms with Crippen LogP contribution in [0.4, 0.5) is 30.5 Å². The van der Waals surface area contributed by atoms with Crippen LogP contribution in [0.5, 0.6) is 0 Å². The molecule has 2 aromatic heterocycles. The van der Waals surface area contributed by atoms with Crippen molar-refractivity contribution in [2.75, 3.05) is 43.0 Å². The van der Waals surface area contributed by atoms with Gasteiger partial charge in [-0.1, -0.05) is 18.6 Å². The molecular formula is C33H41F3N8O2. The zero-order valence-corrected chi connectivity index (χ0v) is 25.8. The summed E-state index contributed by atoms with van der Waals surface area (Å²) in [6.45, 7) is 2.49. The summed E-state index contributed by atoms with van der Waals surface area (Å²) < 4.78 is 39.2. The summed E-state index contributed by atoms with van der Waals surface area (Å²) in [6.07, 6.45) is 3.84. The van der Waals surface area contributed by atoms with Gasteiger partial charge in [-0.3, -0.25) is 15.5 Å². The number of hydrogen-bond donors (Lipinski definition) is 6. The predicted molar refractivity (Wildman–Crippen MR) is 172 cm³/mol. The minimum atomic E-state index is -4.56. The third kappa shape index (κ3) is 8.20. The molecule has 0 saturated heterocycles. The van der Waals surface area contributed by atoms with Crippen LogP contribution < -0.4 is 21.7 Å². The van der Waals surface area contributed by atoms with E-state index in [0.29, 0.717) is 11.1 Å². The first-order chi connectivity index (χ1) is 22.0. The second-order valence-electron chi connectivity index (χ2n) is 12.2. The highest BCUT2D eigenvalue weighted by molar-refractivity contribution is 6.17. The molecule has 1 fully saturated rings. The third-order valence-electron chi connectivity index (χ3n) is 8.79. The Labute approximate surface area is 266 Å². The number of amides is 1. The van der Waals surface area contributed by atoms with Crippen LogP contribution in [0, 0.1) is 11.3 Å². The van der Waals surface area contributed by atoms with E-state index in [1.807, 2.05) is 0 Å². The van der Waals surface area contributed by atoms with E-state index in [2.05, 4.69) is 37.9 Å². The molecule has 1 aliphatic heterocycles. The molecule has 3 heterocycles. The standard InChI is InChI=1S/C33H41F3N8O2/c1-44-15-3-2-5-23-19-41-30(38)27(29(23)42-25-7-4-6-22(17-25)31(45)40-14-16-44)28(37)20-8-10-21(11-9-20)32(46)43-26-18-24(12-13-39-26)33(34,35)36/h8-13,18-19,22,25,31,37,40,42,45H,2-7,14-17H2,1H3,(H2,38,41)(H,39,43,46)/t22?,25-,31?/m1/s1. The molecular weight excluding hydrogens is 597 g/mol. The zero-order chi connectivity index (χ0) is 32.8. The number of alkyl halides is 3. The van der Waals surface area contributed by atoms with Gasteiger partial charge in [0.05, 0.1) is 22.5 Å². The summed E-state index contributed by atoms with van der Waals surface area (Å²) in [6, 6.07) is 7.91. The molecule has 3 aromatic rings. The molecule has 1 amide bonds. The highest BCUT2D eigenvalue weighted by Gasteiger charge is 2.31. The average molecular weight is 639 g/mol. The topological polar surface area (TPSA) is 152 Å². The van der Waals surface area contributed by atoms with Gasteiger partial charge in [0.15, 0.2) is 0 Å². The Morgan fingerprint density at radius 3 is 2.61 bits per heavy atom. The van der Waals surface area contributed by atoms with Crippen LogP contribution in [-0.4, -0.2) is 70.5 Å². The first kappa shape index (κ1) is 33.3. The normalized spacial score (nSPS) is 21.6. The fourth-order valence-electron chi connectivity index (χ4n) is 6.20. The molecule has 7 N–H and O–H groups in total. The van der Waals surface area contributed by atoms with Gasteiger partial charge in [-0.05, 0) is 81.9 Å². The Kier molecular flexibility index (Phi) is 10.5. The minimum Gasteiger partial charge on any atom is -0.383 e. The number of benzene rings is 1. The molecule has 5 rings (SSSR count). The quantitative estimate of drug-likeness (QED) is 0.221. The number of carbonyl (C=O) groups excluding carboxylic acids is 1. The Bertz CT molecular complexity index is 1530. The average Bonchev–Trinajstić information content (AvgIpc) is 3.03. The van der Waals surface area contributed by atoms with Crippen LogP contribution in [0.1, 0.15) is 71.1 Å². The number of pyridine rings is 2. The summed E-state index contributed by atoms with van der Waals surface area (Å²) in [5.41, 5.74) is 8.56. The fraction of sp³-hybridized carbons (Fsp3) is 0.455. The van der Waals surface area contributed by atoms with E-state index in [0.717, 1.165) is 94.2 Å². The molecule has 1 aliphatic carbocycles. The number of likely N-dealkylation sites (N-methyl/N-ethyl adjacent to an activating group) is 1. The Balaban J connectivity index is 1.39. The molecule has 46 heavy (non-hydrogen) atoms. The summed E-state index contributed by atoms with van der Waals surface area (Å²) in [4.78, 5) is 23.4. The predicted octanol–water partition coefficient (Wildman–Crippen LogP) is 4.89. The largest absolute Gasteiger partial charge is 0.416 e. The number of nitrogens with two attached hydrogens (primary N) is 1. The van der Waals surface area contributed by atoms with Gasteiger partial charge in [-0.15, -0.1) is 0 Å². The lowest BCUT2D eigenvalue weighted by molar-refractivity contribution is -0.137. The molecule has 2 bridgehead atoms. The number of anilines is 3. The lowest BCUT2D eigenvalue weighted by Gasteiger charge is -2.34. The number of aryl methyl sites for hydroxylation is 1. The number of nitrogens with one attached hydrogen (secondary N) is 4. The fourth-order valence-corrected chi connectivity index (χ4v) is 6.20. The molecule has 1 aromatic carbocycles. The number of hydrogen-bond acceptors (Lipinski definition) is 9. The Morgan fingerprint density at radius 2 is 1.85 bits per heavy atom. The number of nitrogens with zero attached hydrogens (tertiary/aromatic N) is 3. The number of carbonyl (C=O) groups is 1. The molecule has 0 spiro atoms. The van der Waals surface area contributed by atoms with Gasteiger partial charge in [0.1, 0.15) is 17.9 Å². The second kappa shape index (κ2) is 14.6. The van der Waals surface area contributed by atoms with Crippen LogP contribution in [0.15, 0.2) is 48.8 Å². The number of rotatable bonds is 4. The highest BCUT2D eigenvalue weighted by atomic mass is 19.4. The lowest BCUT2D eigenvalue weighted by atomic mass is 9.84. The van der Waals surface area contributed by atoms with Gasteiger partial charge in [-0.25, -0.2) is 9.97 Å². The summed E-state index contributed by atoms with van der Waals surface area (Å²) in [5, 5.41) is 29.5. The molecule has 2 aliphatic rings. The van der Waals surface area contributed by atoms with Gasteiger partial charge in [0.25, 0.3) is 5.91 Å². The third-order valence-corrected chi connectivity index (χ3v) is 8.79. The van der Waals surface area contributed by atoms with E-state index >= 15 is 0 Å². The number of nitrogen functional groups attached to an aromatic ring is 1. The number of aliphatic hydroxyl groups is 1.